The van der Waals surface area contributed by atoms with E-state index >= 15 is 0 Å². The largest absolute Gasteiger partial charge is 0.508 e. The number of fused-ring (bicyclic) bond motifs is 1. The van der Waals surface area contributed by atoms with Gasteiger partial charge in [-0.05, 0) is 59.8 Å². The zero-order valence-electron chi connectivity index (χ0n) is 18.7. The summed E-state index contributed by atoms with van der Waals surface area (Å²) in [5.41, 5.74) is 2.44. The normalized spacial score (nSPS) is 12.3. The van der Waals surface area contributed by atoms with Gasteiger partial charge in [0.05, 0.1) is 19.3 Å². The highest BCUT2D eigenvalue weighted by Gasteiger charge is 2.09. The average molecular weight is 438 g/mol. The molecule has 0 aliphatic carbocycles. The van der Waals surface area contributed by atoms with Gasteiger partial charge >= 0.3 is 0 Å². The number of hydrogen-bond donors (Lipinski definition) is 4. The van der Waals surface area contributed by atoms with Crippen molar-refractivity contribution < 1.29 is 20.1 Å². The molecule has 0 radical (unpaired) electrons. The molecule has 32 heavy (non-hydrogen) atoms. The summed E-state index contributed by atoms with van der Waals surface area (Å²) in [6.45, 7) is 2.62. The van der Waals surface area contributed by atoms with Gasteiger partial charge in [0.2, 0.25) is 0 Å². The summed E-state index contributed by atoms with van der Waals surface area (Å²) in [6, 6.07) is 19.9. The molecule has 0 aromatic heterocycles. The molecule has 4 N–H and O–H groups in total. The standard InChI is InChI=1S/C27H35NO4/c29-20-25-18-24(11-12-26(25)30)27(31)19-28-14-5-1-2-6-15-32-16-13-21-9-10-22-7-3-4-8-23(22)17-21/h3-4,7-12,17-18,27-31H,1-2,5-6,13-16,19-20H2. The third kappa shape index (κ3) is 7.61. The first-order valence-corrected chi connectivity index (χ1v) is 11.5. The Morgan fingerprint density at radius 2 is 1.66 bits per heavy atom. The zero-order valence-corrected chi connectivity index (χ0v) is 18.7. The van der Waals surface area contributed by atoms with Crippen molar-refractivity contribution in [3.63, 3.8) is 0 Å². The molecule has 0 saturated carbocycles. The smallest absolute Gasteiger partial charge is 0.121 e. The lowest BCUT2D eigenvalue weighted by Crippen LogP contribution is -2.22. The second-order valence-corrected chi connectivity index (χ2v) is 8.22. The first kappa shape index (κ1) is 24.2. The molecular weight excluding hydrogens is 402 g/mol. The molecule has 0 amide bonds. The van der Waals surface area contributed by atoms with E-state index in [1.807, 2.05) is 0 Å². The summed E-state index contributed by atoms with van der Waals surface area (Å²) in [7, 11) is 0. The number of ether oxygens (including phenoxy) is 1. The molecule has 3 aromatic rings. The Morgan fingerprint density at radius 1 is 0.844 bits per heavy atom. The molecule has 3 rings (SSSR count). The van der Waals surface area contributed by atoms with Crippen LogP contribution in [-0.2, 0) is 17.8 Å². The minimum atomic E-state index is -0.656. The van der Waals surface area contributed by atoms with Crippen LogP contribution in [0.5, 0.6) is 5.75 Å². The number of rotatable bonds is 14. The molecule has 0 saturated heterocycles. The number of aromatic hydroxyl groups is 1. The van der Waals surface area contributed by atoms with E-state index < -0.39 is 6.10 Å². The Kier molecular flexibility index (Phi) is 9.98. The molecule has 0 heterocycles. The average Bonchev–Trinajstić information content (AvgIpc) is 2.82. The lowest BCUT2D eigenvalue weighted by atomic mass is 10.1. The summed E-state index contributed by atoms with van der Waals surface area (Å²) in [5.74, 6) is 0.0501. The third-order valence-corrected chi connectivity index (χ3v) is 5.74. The van der Waals surface area contributed by atoms with Gasteiger partial charge < -0.3 is 25.4 Å². The monoisotopic (exact) mass is 437 g/mol. The Hall–Kier alpha value is -2.44. The molecule has 1 atom stereocenters. The molecule has 1 unspecified atom stereocenters. The van der Waals surface area contributed by atoms with Gasteiger partial charge in [0.25, 0.3) is 0 Å². The highest BCUT2D eigenvalue weighted by atomic mass is 16.5. The third-order valence-electron chi connectivity index (χ3n) is 5.74. The van der Waals surface area contributed by atoms with Crippen molar-refractivity contribution in [1.29, 1.82) is 0 Å². The van der Waals surface area contributed by atoms with Crippen LogP contribution >= 0.6 is 0 Å². The number of nitrogens with one attached hydrogen (secondary N) is 1. The van der Waals surface area contributed by atoms with E-state index in [1.165, 1.54) is 22.4 Å². The first-order chi connectivity index (χ1) is 15.7. The summed E-state index contributed by atoms with van der Waals surface area (Å²) in [5, 5.41) is 34.9. The fourth-order valence-corrected chi connectivity index (χ4v) is 3.79. The molecule has 0 fully saturated rings. The van der Waals surface area contributed by atoms with Crippen LogP contribution in [0.25, 0.3) is 10.8 Å². The molecule has 0 bridgehead atoms. The predicted octanol–water partition coefficient (Wildman–Crippen LogP) is 4.48. The van der Waals surface area contributed by atoms with E-state index in [1.54, 1.807) is 12.1 Å². The Labute approximate surface area is 190 Å². The zero-order chi connectivity index (χ0) is 22.6. The summed E-state index contributed by atoms with van der Waals surface area (Å²) in [4.78, 5) is 0. The quantitative estimate of drug-likeness (QED) is 0.280. The molecular formula is C27H35NO4. The number of phenols is 1. The van der Waals surface area contributed by atoms with Crippen molar-refractivity contribution in [3.8, 4) is 5.75 Å². The van der Waals surface area contributed by atoms with Crippen molar-refractivity contribution in [2.75, 3.05) is 26.3 Å². The van der Waals surface area contributed by atoms with Crippen LogP contribution in [0.2, 0.25) is 0 Å². The Balaban J connectivity index is 1.18. The first-order valence-electron chi connectivity index (χ1n) is 11.5. The van der Waals surface area contributed by atoms with Crippen molar-refractivity contribution in [2.45, 2.75) is 44.8 Å². The van der Waals surface area contributed by atoms with Crippen molar-refractivity contribution in [1.82, 2.24) is 5.32 Å². The van der Waals surface area contributed by atoms with E-state index in [0.29, 0.717) is 17.7 Å². The Morgan fingerprint density at radius 3 is 2.50 bits per heavy atom. The molecule has 0 aliphatic heterocycles. The topological polar surface area (TPSA) is 82.0 Å². The molecule has 172 valence electrons. The second-order valence-electron chi connectivity index (χ2n) is 8.22. The molecule has 0 aliphatic rings. The van der Waals surface area contributed by atoms with Gasteiger partial charge in [0.1, 0.15) is 5.75 Å². The number of aliphatic hydroxyl groups is 2. The van der Waals surface area contributed by atoms with Crippen molar-refractivity contribution >= 4 is 10.8 Å². The van der Waals surface area contributed by atoms with Crippen molar-refractivity contribution in [2.24, 2.45) is 0 Å². The van der Waals surface area contributed by atoms with Gasteiger partial charge in [-0.1, -0.05) is 61.4 Å². The van der Waals surface area contributed by atoms with E-state index in [4.69, 9.17) is 4.74 Å². The summed E-state index contributed by atoms with van der Waals surface area (Å²) < 4.78 is 5.80. The van der Waals surface area contributed by atoms with Gasteiger partial charge in [-0.2, -0.15) is 0 Å². The number of benzene rings is 3. The molecule has 0 spiro atoms. The van der Waals surface area contributed by atoms with E-state index in [0.717, 1.165) is 51.9 Å². The van der Waals surface area contributed by atoms with Gasteiger partial charge in [0.15, 0.2) is 0 Å². The number of aliphatic hydroxyl groups excluding tert-OH is 2. The van der Waals surface area contributed by atoms with Crippen LogP contribution in [0.15, 0.2) is 60.7 Å². The van der Waals surface area contributed by atoms with Crippen molar-refractivity contribution in [3.05, 3.63) is 77.4 Å². The van der Waals surface area contributed by atoms with E-state index in [9.17, 15) is 15.3 Å². The lowest BCUT2D eigenvalue weighted by molar-refractivity contribution is 0.133. The van der Waals surface area contributed by atoms with Crippen LogP contribution in [0.3, 0.4) is 0 Å². The van der Waals surface area contributed by atoms with E-state index in [-0.39, 0.29) is 12.4 Å². The van der Waals surface area contributed by atoms with Crippen LogP contribution in [-0.4, -0.2) is 41.6 Å². The summed E-state index contributed by atoms with van der Waals surface area (Å²) in [6.07, 6.45) is 4.68. The van der Waals surface area contributed by atoms with Gasteiger partial charge in [-0.25, -0.2) is 0 Å². The number of hydrogen-bond acceptors (Lipinski definition) is 5. The molecule has 3 aromatic carbocycles. The minimum absolute atomic E-state index is 0.0501. The van der Waals surface area contributed by atoms with Crippen LogP contribution < -0.4 is 5.32 Å². The maximum absolute atomic E-state index is 10.2. The van der Waals surface area contributed by atoms with Crippen LogP contribution in [0.4, 0.5) is 0 Å². The van der Waals surface area contributed by atoms with Gasteiger partial charge in [-0.15, -0.1) is 0 Å². The fraction of sp³-hybridized carbons (Fsp3) is 0.407. The van der Waals surface area contributed by atoms with Crippen LogP contribution in [0.1, 0.15) is 48.5 Å². The summed E-state index contributed by atoms with van der Waals surface area (Å²) >= 11 is 0. The Bertz CT molecular complexity index is 959. The maximum atomic E-state index is 10.2. The highest BCUT2D eigenvalue weighted by molar-refractivity contribution is 5.82. The SMILES string of the molecule is OCc1cc(C(O)CNCCCCCCOCCc2ccc3ccccc3c2)ccc1O. The van der Waals surface area contributed by atoms with Gasteiger partial charge in [0, 0.05) is 18.7 Å². The molecule has 5 heteroatoms. The fourth-order valence-electron chi connectivity index (χ4n) is 3.79. The molecule has 5 nitrogen and oxygen atoms in total. The highest BCUT2D eigenvalue weighted by Crippen LogP contribution is 2.22. The lowest BCUT2D eigenvalue weighted by Gasteiger charge is -2.14. The maximum Gasteiger partial charge on any atom is 0.121 e. The predicted molar refractivity (Wildman–Crippen MR) is 129 cm³/mol. The second kappa shape index (κ2) is 13.2. The van der Waals surface area contributed by atoms with E-state index in [2.05, 4.69) is 47.8 Å². The minimum Gasteiger partial charge on any atom is -0.508 e. The van der Waals surface area contributed by atoms with Gasteiger partial charge in [-0.3, -0.25) is 0 Å². The number of unbranched alkanes of at least 4 members (excludes halogenated alkanes) is 3. The van der Waals surface area contributed by atoms with Crippen LogP contribution in [0, 0.1) is 0 Å².